The Balaban J connectivity index is 1.75. The molecule has 3 rings (SSSR count). The minimum Gasteiger partial charge on any atom is -0.380 e. The molecule has 128 valence electrons. The van der Waals surface area contributed by atoms with E-state index >= 15 is 0 Å². The predicted octanol–water partition coefficient (Wildman–Crippen LogP) is 1.42. The Morgan fingerprint density at radius 2 is 2.04 bits per heavy atom. The number of rotatable bonds is 6. The molecule has 24 heavy (non-hydrogen) atoms. The van der Waals surface area contributed by atoms with Gasteiger partial charge in [0.2, 0.25) is 5.91 Å². The highest BCUT2D eigenvalue weighted by atomic mass is 16.5. The van der Waals surface area contributed by atoms with Crippen molar-refractivity contribution in [2.24, 2.45) is 0 Å². The number of amides is 1. The molecule has 0 spiro atoms. The first kappa shape index (κ1) is 16.7. The standard InChI is InChI=1S/C18H24N4O2/c1-24-14-16-6-3-2-5-15(16)13-20-17(23)18(7-10-19-11-8-18)22-12-4-9-21-22/h2-6,9,12,19H,7-8,10-11,13-14H2,1H3,(H,20,23). The van der Waals surface area contributed by atoms with Gasteiger partial charge in [-0.15, -0.1) is 0 Å². The second-order valence-electron chi connectivity index (χ2n) is 6.12. The average Bonchev–Trinajstić information content (AvgIpc) is 3.17. The van der Waals surface area contributed by atoms with E-state index in [-0.39, 0.29) is 5.91 Å². The molecule has 1 aromatic heterocycles. The van der Waals surface area contributed by atoms with E-state index < -0.39 is 5.54 Å². The summed E-state index contributed by atoms with van der Waals surface area (Å²) >= 11 is 0. The summed E-state index contributed by atoms with van der Waals surface area (Å²) in [7, 11) is 1.68. The minimum atomic E-state index is -0.606. The summed E-state index contributed by atoms with van der Waals surface area (Å²) in [5.74, 6) is 0.0277. The molecule has 1 aliphatic heterocycles. The zero-order chi connectivity index (χ0) is 16.8. The van der Waals surface area contributed by atoms with E-state index in [0.29, 0.717) is 13.2 Å². The van der Waals surface area contributed by atoms with Gasteiger partial charge in [-0.05, 0) is 43.1 Å². The summed E-state index contributed by atoms with van der Waals surface area (Å²) in [6, 6.07) is 9.88. The van der Waals surface area contributed by atoms with Gasteiger partial charge in [-0.1, -0.05) is 24.3 Å². The highest BCUT2D eigenvalue weighted by Gasteiger charge is 2.41. The van der Waals surface area contributed by atoms with Gasteiger partial charge < -0.3 is 15.4 Å². The molecule has 0 radical (unpaired) electrons. The summed E-state index contributed by atoms with van der Waals surface area (Å²) in [6.07, 6.45) is 5.08. The van der Waals surface area contributed by atoms with Crippen molar-refractivity contribution in [1.82, 2.24) is 20.4 Å². The lowest BCUT2D eigenvalue weighted by Gasteiger charge is -2.36. The monoisotopic (exact) mass is 328 g/mol. The van der Waals surface area contributed by atoms with Crippen molar-refractivity contribution < 1.29 is 9.53 Å². The van der Waals surface area contributed by atoms with E-state index in [1.165, 1.54) is 0 Å². The van der Waals surface area contributed by atoms with Crippen LogP contribution in [0.3, 0.4) is 0 Å². The number of nitrogens with one attached hydrogen (secondary N) is 2. The predicted molar refractivity (Wildman–Crippen MR) is 91.3 cm³/mol. The number of aromatic nitrogens is 2. The summed E-state index contributed by atoms with van der Waals surface area (Å²) in [5, 5.41) is 10.8. The van der Waals surface area contributed by atoms with Gasteiger partial charge in [0.1, 0.15) is 5.54 Å². The second kappa shape index (κ2) is 7.59. The number of piperidine rings is 1. The molecule has 1 amide bonds. The van der Waals surface area contributed by atoms with E-state index in [9.17, 15) is 4.79 Å². The number of carbonyl (C=O) groups excluding carboxylic acids is 1. The average molecular weight is 328 g/mol. The molecule has 1 aliphatic rings. The fourth-order valence-electron chi connectivity index (χ4n) is 3.29. The third kappa shape index (κ3) is 3.34. The molecular weight excluding hydrogens is 304 g/mol. The molecule has 0 atom stereocenters. The van der Waals surface area contributed by atoms with Gasteiger partial charge in [0, 0.05) is 26.0 Å². The van der Waals surface area contributed by atoms with Crippen molar-refractivity contribution in [1.29, 1.82) is 0 Å². The molecule has 0 aliphatic carbocycles. The first-order chi connectivity index (χ1) is 11.8. The molecule has 0 unspecified atom stereocenters. The molecular formula is C18H24N4O2. The molecule has 2 heterocycles. The van der Waals surface area contributed by atoms with Gasteiger partial charge >= 0.3 is 0 Å². The van der Waals surface area contributed by atoms with Crippen LogP contribution < -0.4 is 10.6 Å². The lowest BCUT2D eigenvalue weighted by molar-refractivity contribution is -0.132. The maximum absolute atomic E-state index is 13.0. The number of benzene rings is 1. The number of hydrogen-bond acceptors (Lipinski definition) is 4. The van der Waals surface area contributed by atoms with E-state index in [0.717, 1.165) is 37.1 Å². The van der Waals surface area contributed by atoms with Gasteiger partial charge in [-0.25, -0.2) is 0 Å². The van der Waals surface area contributed by atoms with E-state index in [2.05, 4.69) is 15.7 Å². The van der Waals surface area contributed by atoms with Crippen molar-refractivity contribution in [2.45, 2.75) is 31.5 Å². The minimum absolute atomic E-state index is 0.0277. The van der Waals surface area contributed by atoms with Gasteiger partial charge in [0.05, 0.1) is 6.61 Å². The number of carbonyl (C=O) groups is 1. The Morgan fingerprint density at radius 3 is 2.71 bits per heavy atom. The molecule has 1 aromatic carbocycles. The summed E-state index contributed by atoms with van der Waals surface area (Å²) in [6.45, 7) is 2.66. The van der Waals surface area contributed by atoms with Crippen LogP contribution in [0.2, 0.25) is 0 Å². The van der Waals surface area contributed by atoms with Crippen LogP contribution in [0.5, 0.6) is 0 Å². The van der Waals surface area contributed by atoms with E-state index in [1.54, 1.807) is 13.3 Å². The van der Waals surface area contributed by atoms with Gasteiger partial charge in [-0.3, -0.25) is 9.48 Å². The molecule has 0 saturated carbocycles. The Morgan fingerprint density at radius 1 is 1.29 bits per heavy atom. The van der Waals surface area contributed by atoms with Crippen LogP contribution >= 0.6 is 0 Å². The first-order valence-corrected chi connectivity index (χ1v) is 8.31. The van der Waals surface area contributed by atoms with E-state index in [4.69, 9.17) is 4.74 Å². The van der Waals surface area contributed by atoms with Crippen LogP contribution in [0.4, 0.5) is 0 Å². The van der Waals surface area contributed by atoms with Crippen LogP contribution in [0, 0.1) is 0 Å². The second-order valence-corrected chi connectivity index (χ2v) is 6.12. The number of methoxy groups -OCH3 is 1. The molecule has 2 aromatic rings. The van der Waals surface area contributed by atoms with Crippen LogP contribution in [0.1, 0.15) is 24.0 Å². The van der Waals surface area contributed by atoms with Crippen molar-refractivity contribution in [3.05, 3.63) is 53.9 Å². The highest BCUT2D eigenvalue weighted by Crippen LogP contribution is 2.27. The maximum atomic E-state index is 13.0. The smallest absolute Gasteiger partial charge is 0.248 e. The van der Waals surface area contributed by atoms with Crippen molar-refractivity contribution in [2.75, 3.05) is 20.2 Å². The third-order valence-corrected chi connectivity index (χ3v) is 4.65. The van der Waals surface area contributed by atoms with Crippen LogP contribution in [0.15, 0.2) is 42.7 Å². The fourth-order valence-corrected chi connectivity index (χ4v) is 3.29. The van der Waals surface area contributed by atoms with Gasteiger partial charge in [-0.2, -0.15) is 5.10 Å². The van der Waals surface area contributed by atoms with E-state index in [1.807, 2.05) is 41.2 Å². The zero-order valence-corrected chi connectivity index (χ0v) is 14.0. The van der Waals surface area contributed by atoms with Gasteiger partial charge in [0.15, 0.2) is 0 Å². The maximum Gasteiger partial charge on any atom is 0.248 e. The molecule has 6 nitrogen and oxygen atoms in total. The first-order valence-electron chi connectivity index (χ1n) is 8.31. The summed E-state index contributed by atoms with van der Waals surface area (Å²) < 4.78 is 7.05. The Bertz CT molecular complexity index is 663. The number of ether oxygens (including phenoxy) is 1. The molecule has 1 saturated heterocycles. The van der Waals surface area contributed by atoms with Crippen LogP contribution in [-0.2, 0) is 28.2 Å². The topological polar surface area (TPSA) is 68.2 Å². The summed E-state index contributed by atoms with van der Waals surface area (Å²) in [5.41, 5.74) is 1.57. The lowest BCUT2D eigenvalue weighted by atomic mass is 9.87. The van der Waals surface area contributed by atoms with Crippen molar-refractivity contribution >= 4 is 5.91 Å². The van der Waals surface area contributed by atoms with Crippen LogP contribution in [-0.4, -0.2) is 35.9 Å². The highest BCUT2D eigenvalue weighted by molar-refractivity contribution is 5.84. The van der Waals surface area contributed by atoms with Crippen LogP contribution in [0.25, 0.3) is 0 Å². The largest absolute Gasteiger partial charge is 0.380 e. The van der Waals surface area contributed by atoms with Crippen molar-refractivity contribution in [3.8, 4) is 0 Å². The lowest BCUT2D eigenvalue weighted by Crippen LogP contribution is -2.54. The Labute approximate surface area is 142 Å². The molecule has 1 fully saturated rings. The number of nitrogens with zero attached hydrogens (tertiary/aromatic N) is 2. The number of hydrogen-bond donors (Lipinski definition) is 2. The quantitative estimate of drug-likeness (QED) is 0.842. The van der Waals surface area contributed by atoms with Gasteiger partial charge in [0.25, 0.3) is 0 Å². The Kier molecular flexibility index (Phi) is 5.27. The SMILES string of the molecule is COCc1ccccc1CNC(=O)C1(n2cccn2)CCNCC1. The summed E-state index contributed by atoms with van der Waals surface area (Å²) in [4.78, 5) is 13.0. The molecule has 2 N–H and O–H groups in total. The zero-order valence-electron chi connectivity index (χ0n) is 14.0. The van der Waals surface area contributed by atoms with Crippen molar-refractivity contribution in [3.63, 3.8) is 0 Å². The Hall–Kier alpha value is -2.18. The third-order valence-electron chi connectivity index (χ3n) is 4.65. The molecule has 6 heteroatoms. The normalized spacial score (nSPS) is 16.7. The molecule has 0 bridgehead atoms. The fraction of sp³-hybridized carbons (Fsp3) is 0.444.